The van der Waals surface area contributed by atoms with E-state index in [1.807, 2.05) is 0 Å². The molecular formula is C70H118O6. The van der Waals surface area contributed by atoms with Crippen molar-refractivity contribution in [3.8, 4) is 0 Å². The van der Waals surface area contributed by atoms with Crippen molar-refractivity contribution in [2.24, 2.45) is 0 Å². The van der Waals surface area contributed by atoms with E-state index in [4.69, 9.17) is 14.2 Å². The van der Waals surface area contributed by atoms with Gasteiger partial charge in [0.2, 0.25) is 0 Å². The highest BCUT2D eigenvalue weighted by Gasteiger charge is 2.19. The molecule has 1 atom stereocenters. The topological polar surface area (TPSA) is 78.9 Å². The summed E-state index contributed by atoms with van der Waals surface area (Å²) in [6, 6.07) is 0. The van der Waals surface area contributed by atoms with Gasteiger partial charge in [-0.15, -0.1) is 0 Å². The van der Waals surface area contributed by atoms with Crippen LogP contribution in [0.1, 0.15) is 297 Å². The highest BCUT2D eigenvalue weighted by atomic mass is 16.6. The molecule has 0 rings (SSSR count). The van der Waals surface area contributed by atoms with E-state index in [0.717, 1.165) is 109 Å². The smallest absolute Gasteiger partial charge is 0.306 e. The maximum absolute atomic E-state index is 12.9. The van der Waals surface area contributed by atoms with Gasteiger partial charge in [-0.1, -0.05) is 259 Å². The molecular weight excluding hydrogens is 937 g/mol. The van der Waals surface area contributed by atoms with Crippen molar-refractivity contribution in [1.82, 2.24) is 0 Å². The molecule has 0 spiro atoms. The van der Waals surface area contributed by atoms with Crippen LogP contribution in [0.3, 0.4) is 0 Å². The third-order valence-corrected chi connectivity index (χ3v) is 13.5. The molecule has 0 heterocycles. The van der Waals surface area contributed by atoms with E-state index in [1.165, 1.54) is 141 Å². The molecule has 0 saturated carbocycles. The molecule has 0 N–H and O–H groups in total. The first-order valence-corrected chi connectivity index (χ1v) is 31.9. The Kier molecular flexibility index (Phi) is 60.3. The molecule has 1 unspecified atom stereocenters. The van der Waals surface area contributed by atoms with Gasteiger partial charge in [-0.05, 0) is 128 Å². The number of rotatable bonds is 57. The SMILES string of the molecule is CC/C=C\C/C=C\C/C=C\C/C=C\C/C=C\C/C=C\CCCCC(=O)OC(COC(=O)CCCCCCC/C=C\CCCCC)COC(=O)CCCCCCCCCCCCCCC/C=C\C/C=C\CCCCCCC. The predicted molar refractivity (Wildman–Crippen MR) is 330 cm³/mol. The van der Waals surface area contributed by atoms with Gasteiger partial charge in [-0.2, -0.15) is 0 Å². The first-order valence-electron chi connectivity index (χ1n) is 31.9. The Labute approximate surface area is 470 Å². The van der Waals surface area contributed by atoms with Crippen molar-refractivity contribution in [2.75, 3.05) is 13.2 Å². The molecule has 0 aliphatic carbocycles. The quantitative estimate of drug-likeness (QED) is 0.0261. The number of hydrogen-bond donors (Lipinski definition) is 0. The van der Waals surface area contributed by atoms with Crippen LogP contribution in [0, 0.1) is 0 Å². The number of unbranched alkanes of at least 4 members (excludes halogenated alkanes) is 28. The molecule has 0 aromatic heterocycles. The zero-order chi connectivity index (χ0) is 55.0. The molecule has 434 valence electrons. The number of esters is 3. The fourth-order valence-electron chi connectivity index (χ4n) is 8.71. The lowest BCUT2D eigenvalue weighted by Crippen LogP contribution is -2.30. The van der Waals surface area contributed by atoms with Crippen LogP contribution in [0.25, 0.3) is 0 Å². The van der Waals surface area contributed by atoms with Crippen molar-refractivity contribution >= 4 is 17.9 Å². The van der Waals surface area contributed by atoms with Gasteiger partial charge in [0, 0.05) is 19.3 Å². The molecule has 6 heteroatoms. The average Bonchev–Trinajstić information content (AvgIpc) is 3.42. The van der Waals surface area contributed by atoms with Crippen LogP contribution in [0.4, 0.5) is 0 Å². The second-order valence-electron chi connectivity index (χ2n) is 20.9. The lowest BCUT2D eigenvalue weighted by Gasteiger charge is -2.18. The normalized spacial score (nSPS) is 12.8. The summed E-state index contributed by atoms with van der Waals surface area (Å²) in [6.45, 7) is 6.46. The Balaban J connectivity index is 4.37. The third-order valence-electron chi connectivity index (χ3n) is 13.5. The van der Waals surface area contributed by atoms with Gasteiger partial charge in [-0.25, -0.2) is 0 Å². The van der Waals surface area contributed by atoms with Gasteiger partial charge in [0.15, 0.2) is 6.10 Å². The lowest BCUT2D eigenvalue weighted by atomic mass is 10.0. The minimum Gasteiger partial charge on any atom is -0.462 e. The standard InChI is InChI=1S/C70H118O6/c1-4-7-10-13-16-19-22-25-27-29-31-33-34-35-36-38-39-41-43-45-48-51-54-57-60-63-69(72)75-66-67(65-74-68(71)62-59-56-53-50-47-24-21-18-15-12-9-6-3)76-70(73)64-61-58-55-52-49-46-44-42-40-37-32-30-28-26-23-20-17-14-11-8-5-2/h8,11,17-18,20-22,25-26,28-29,31-32,37,42,44,49,52,67H,4-7,9-10,12-16,19,23-24,27,30,33-36,38-41,43,45-48,50-51,53-66H2,1-3H3/b11-8-,20-17-,21-18-,25-22-,28-26-,31-29-,37-32-,44-42-,52-49-. The van der Waals surface area contributed by atoms with Crippen LogP contribution < -0.4 is 0 Å². The first kappa shape index (κ1) is 72.1. The van der Waals surface area contributed by atoms with E-state index in [0.29, 0.717) is 19.3 Å². The highest BCUT2D eigenvalue weighted by Crippen LogP contribution is 2.16. The Morgan fingerprint density at radius 2 is 0.513 bits per heavy atom. The Bertz CT molecular complexity index is 1540. The molecule has 0 aromatic carbocycles. The maximum atomic E-state index is 12.9. The summed E-state index contributed by atoms with van der Waals surface area (Å²) in [6.07, 6.45) is 86.7. The summed E-state index contributed by atoms with van der Waals surface area (Å²) in [5, 5.41) is 0. The highest BCUT2D eigenvalue weighted by molar-refractivity contribution is 5.71. The van der Waals surface area contributed by atoms with Crippen LogP contribution >= 0.6 is 0 Å². The van der Waals surface area contributed by atoms with Gasteiger partial charge in [0.25, 0.3) is 0 Å². The molecule has 0 aromatic rings. The zero-order valence-electron chi connectivity index (χ0n) is 49.7. The average molecular weight is 1060 g/mol. The summed E-state index contributed by atoms with van der Waals surface area (Å²) in [5.74, 6) is -0.948. The minimum atomic E-state index is -0.807. The number of ether oxygens (including phenoxy) is 3. The zero-order valence-corrected chi connectivity index (χ0v) is 49.7. The first-order chi connectivity index (χ1) is 37.5. The van der Waals surface area contributed by atoms with Crippen molar-refractivity contribution < 1.29 is 28.6 Å². The van der Waals surface area contributed by atoms with E-state index < -0.39 is 6.10 Å². The Morgan fingerprint density at radius 1 is 0.276 bits per heavy atom. The monoisotopic (exact) mass is 1050 g/mol. The van der Waals surface area contributed by atoms with Crippen molar-refractivity contribution in [1.29, 1.82) is 0 Å². The van der Waals surface area contributed by atoms with Crippen LogP contribution in [-0.2, 0) is 28.6 Å². The molecule has 0 bridgehead atoms. The van der Waals surface area contributed by atoms with Crippen LogP contribution in [0.5, 0.6) is 0 Å². The summed E-state index contributed by atoms with van der Waals surface area (Å²) in [7, 11) is 0. The minimum absolute atomic E-state index is 0.0990. The second-order valence-corrected chi connectivity index (χ2v) is 20.9. The predicted octanol–water partition coefficient (Wildman–Crippen LogP) is 21.8. The largest absolute Gasteiger partial charge is 0.462 e. The number of carbonyl (C=O) groups excluding carboxylic acids is 3. The molecule has 0 amide bonds. The van der Waals surface area contributed by atoms with Crippen molar-refractivity contribution in [3.05, 3.63) is 109 Å². The summed E-state index contributed by atoms with van der Waals surface area (Å²) in [5.41, 5.74) is 0. The summed E-state index contributed by atoms with van der Waals surface area (Å²) in [4.78, 5) is 38.3. The molecule has 0 aliphatic rings. The van der Waals surface area contributed by atoms with Gasteiger partial charge in [-0.3, -0.25) is 14.4 Å². The van der Waals surface area contributed by atoms with Crippen LogP contribution in [0.15, 0.2) is 109 Å². The van der Waals surface area contributed by atoms with Gasteiger partial charge in [0.1, 0.15) is 13.2 Å². The fraction of sp³-hybridized carbons (Fsp3) is 0.700. The van der Waals surface area contributed by atoms with Gasteiger partial charge >= 0.3 is 17.9 Å². The Morgan fingerprint density at radius 3 is 0.868 bits per heavy atom. The Hall–Kier alpha value is -3.93. The lowest BCUT2D eigenvalue weighted by molar-refractivity contribution is -0.167. The van der Waals surface area contributed by atoms with E-state index in [-0.39, 0.29) is 37.5 Å². The second kappa shape index (κ2) is 63.6. The van der Waals surface area contributed by atoms with Gasteiger partial charge < -0.3 is 14.2 Å². The molecule has 0 saturated heterocycles. The maximum Gasteiger partial charge on any atom is 0.306 e. The van der Waals surface area contributed by atoms with E-state index >= 15 is 0 Å². The summed E-state index contributed by atoms with van der Waals surface area (Å²) >= 11 is 0. The molecule has 6 nitrogen and oxygen atoms in total. The number of hydrogen-bond acceptors (Lipinski definition) is 6. The number of carbonyl (C=O) groups is 3. The molecule has 0 aliphatic heterocycles. The van der Waals surface area contributed by atoms with E-state index in [9.17, 15) is 14.4 Å². The summed E-state index contributed by atoms with van der Waals surface area (Å²) < 4.78 is 16.9. The van der Waals surface area contributed by atoms with Crippen LogP contribution in [-0.4, -0.2) is 37.2 Å². The third kappa shape index (κ3) is 60.9. The van der Waals surface area contributed by atoms with Crippen molar-refractivity contribution in [3.63, 3.8) is 0 Å². The van der Waals surface area contributed by atoms with Gasteiger partial charge in [0.05, 0.1) is 0 Å². The molecule has 0 fully saturated rings. The van der Waals surface area contributed by atoms with Crippen molar-refractivity contribution in [2.45, 2.75) is 303 Å². The van der Waals surface area contributed by atoms with E-state index in [2.05, 4.69) is 130 Å². The number of allylic oxidation sites excluding steroid dienone is 18. The van der Waals surface area contributed by atoms with E-state index in [1.54, 1.807) is 0 Å². The molecule has 0 radical (unpaired) electrons. The molecule has 76 heavy (non-hydrogen) atoms. The fourth-order valence-corrected chi connectivity index (χ4v) is 8.71. The van der Waals surface area contributed by atoms with Crippen LogP contribution in [0.2, 0.25) is 0 Å².